The predicted octanol–water partition coefficient (Wildman–Crippen LogP) is 3.60. The third kappa shape index (κ3) is 4.76. The van der Waals surface area contributed by atoms with E-state index in [2.05, 4.69) is 9.44 Å². The SMILES string of the molecule is Cc1cc(C)c(S(=O)(=O)Nc2cc3c(cc2Cl)OCCCO3)c(C)c1NS(C)(=O)=O. The number of halogens is 1. The Balaban J connectivity index is 2.07. The maximum Gasteiger partial charge on any atom is 0.262 e. The first-order valence-corrected chi connectivity index (χ1v) is 12.8. The van der Waals surface area contributed by atoms with Crippen molar-refractivity contribution >= 4 is 43.0 Å². The zero-order valence-electron chi connectivity index (χ0n) is 17.0. The lowest BCUT2D eigenvalue weighted by atomic mass is 10.1. The number of anilines is 2. The van der Waals surface area contributed by atoms with E-state index in [9.17, 15) is 16.8 Å². The summed E-state index contributed by atoms with van der Waals surface area (Å²) in [6.07, 6.45) is 1.71. The zero-order valence-corrected chi connectivity index (χ0v) is 19.4. The number of hydrogen-bond donors (Lipinski definition) is 2. The molecule has 0 radical (unpaired) electrons. The van der Waals surface area contributed by atoms with Gasteiger partial charge in [0.05, 0.1) is 40.8 Å². The normalized spacial score (nSPS) is 14.2. The molecule has 0 amide bonds. The number of nitrogens with one attached hydrogen (secondary N) is 2. The molecular formula is C19H23ClN2O6S2. The van der Waals surface area contributed by atoms with E-state index in [4.69, 9.17) is 21.1 Å². The van der Waals surface area contributed by atoms with Crippen molar-refractivity contribution < 1.29 is 26.3 Å². The third-order valence-electron chi connectivity index (χ3n) is 4.54. The minimum Gasteiger partial charge on any atom is -0.490 e. The second-order valence-electron chi connectivity index (χ2n) is 7.15. The molecule has 0 bridgehead atoms. The summed E-state index contributed by atoms with van der Waals surface area (Å²) in [7, 11) is -7.69. The summed E-state index contributed by atoms with van der Waals surface area (Å²) in [5.41, 5.74) is 1.74. The molecule has 11 heteroatoms. The quantitative estimate of drug-likeness (QED) is 0.685. The third-order valence-corrected chi connectivity index (χ3v) is 7.08. The second kappa shape index (κ2) is 8.16. The van der Waals surface area contributed by atoms with Gasteiger partial charge in [0.1, 0.15) is 0 Å². The summed E-state index contributed by atoms with van der Waals surface area (Å²) in [6, 6.07) is 4.60. The van der Waals surface area contributed by atoms with Crippen molar-refractivity contribution in [1.29, 1.82) is 0 Å². The van der Waals surface area contributed by atoms with Gasteiger partial charge in [-0.1, -0.05) is 17.7 Å². The molecule has 2 aromatic rings. The maximum atomic E-state index is 13.2. The first-order valence-electron chi connectivity index (χ1n) is 9.09. The highest BCUT2D eigenvalue weighted by Gasteiger charge is 2.26. The van der Waals surface area contributed by atoms with Crippen LogP contribution in [0.2, 0.25) is 5.02 Å². The number of aryl methyl sites for hydroxylation is 2. The number of fused-ring (bicyclic) bond motifs is 1. The fraction of sp³-hybridized carbons (Fsp3) is 0.368. The van der Waals surface area contributed by atoms with E-state index in [1.165, 1.54) is 12.1 Å². The largest absolute Gasteiger partial charge is 0.490 e. The Morgan fingerprint density at radius 1 is 0.900 bits per heavy atom. The standard InChI is InChI=1S/C19H23ClN2O6S2/c1-11-8-12(2)19(13(3)18(11)22-29(4,23)24)30(25,26)21-15-10-17-16(9-14(15)20)27-6-5-7-28-17/h8-10,21-22H,5-7H2,1-4H3. The van der Waals surface area contributed by atoms with Crippen molar-refractivity contribution in [2.75, 3.05) is 28.9 Å². The van der Waals surface area contributed by atoms with Crippen LogP contribution in [0, 0.1) is 20.8 Å². The fourth-order valence-electron chi connectivity index (χ4n) is 3.38. The Bertz CT molecular complexity index is 1210. The van der Waals surface area contributed by atoms with Gasteiger partial charge in [0.25, 0.3) is 10.0 Å². The summed E-state index contributed by atoms with van der Waals surface area (Å²) in [4.78, 5) is -0.0255. The van der Waals surface area contributed by atoms with Gasteiger partial charge in [-0.25, -0.2) is 16.8 Å². The van der Waals surface area contributed by atoms with E-state index >= 15 is 0 Å². The van der Waals surface area contributed by atoms with E-state index in [-0.39, 0.29) is 26.9 Å². The van der Waals surface area contributed by atoms with Crippen LogP contribution in [0.4, 0.5) is 11.4 Å². The molecule has 0 fully saturated rings. The average molecular weight is 475 g/mol. The van der Waals surface area contributed by atoms with Crippen LogP contribution in [0.25, 0.3) is 0 Å². The van der Waals surface area contributed by atoms with Crippen LogP contribution in [-0.2, 0) is 20.0 Å². The molecule has 8 nitrogen and oxygen atoms in total. The molecule has 2 aromatic carbocycles. The molecule has 2 N–H and O–H groups in total. The predicted molar refractivity (Wildman–Crippen MR) is 117 cm³/mol. The fourth-order valence-corrected chi connectivity index (χ4v) is 5.87. The molecule has 164 valence electrons. The maximum absolute atomic E-state index is 13.2. The molecule has 1 heterocycles. The van der Waals surface area contributed by atoms with Gasteiger partial charge in [0.2, 0.25) is 10.0 Å². The first kappa shape index (κ1) is 22.5. The Kier molecular flexibility index (Phi) is 6.13. The lowest BCUT2D eigenvalue weighted by Crippen LogP contribution is -2.19. The van der Waals surface area contributed by atoms with Gasteiger partial charge < -0.3 is 9.47 Å². The number of ether oxygens (including phenoxy) is 2. The van der Waals surface area contributed by atoms with Crippen molar-refractivity contribution in [2.45, 2.75) is 32.1 Å². The summed E-state index contributed by atoms with van der Waals surface area (Å²) in [5.74, 6) is 0.842. The van der Waals surface area contributed by atoms with Gasteiger partial charge in [-0.15, -0.1) is 0 Å². The Hall–Kier alpha value is -2.17. The molecule has 0 saturated carbocycles. The van der Waals surface area contributed by atoms with E-state index < -0.39 is 20.0 Å². The van der Waals surface area contributed by atoms with Gasteiger partial charge >= 0.3 is 0 Å². The van der Waals surface area contributed by atoms with Crippen LogP contribution in [0.5, 0.6) is 11.5 Å². The van der Waals surface area contributed by atoms with Gasteiger partial charge in [-0.05, 0) is 37.5 Å². The zero-order chi connectivity index (χ0) is 22.3. The Labute approximate surface area is 181 Å². The molecule has 0 saturated heterocycles. The van der Waals surface area contributed by atoms with E-state index in [1.807, 2.05) is 0 Å². The van der Waals surface area contributed by atoms with Gasteiger partial charge in [-0.2, -0.15) is 0 Å². The van der Waals surface area contributed by atoms with E-state index in [0.29, 0.717) is 42.3 Å². The van der Waals surface area contributed by atoms with Gasteiger partial charge in [0, 0.05) is 18.6 Å². The highest BCUT2D eigenvalue weighted by Crippen LogP contribution is 2.39. The summed E-state index contributed by atoms with van der Waals surface area (Å²) >= 11 is 6.28. The molecule has 3 rings (SSSR count). The molecule has 1 aliphatic heterocycles. The van der Waals surface area contributed by atoms with Gasteiger partial charge in [-0.3, -0.25) is 9.44 Å². The minimum atomic E-state index is -4.09. The van der Waals surface area contributed by atoms with Crippen molar-refractivity contribution in [1.82, 2.24) is 0 Å². The van der Waals surface area contributed by atoms with Crippen molar-refractivity contribution in [2.24, 2.45) is 0 Å². The molecule has 0 spiro atoms. The van der Waals surface area contributed by atoms with Crippen molar-refractivity contribution in [3.05, 3.63) is 39.9 Å². The average Bonchev–Trinajstić information content (AvgIpc) is 2.82. The Morgan fingerprint density at radius 2 is 1.50 bits per heavy atom. The van der Waals surface area contributed by atoms with E-state index in [0.717, 1.165) is 6.26 Å². The smallest absolute Gasteiger partial charge is 0.262 e. The topological polar surface area (TPSA) is 111 Å². The van der Waals surface area contributed by atoms with Gasteiger partial charge in [0.15, 0.2) is 11.5 Å². The lowest BCUT2D eigenvalue weighted by Gasteiger charge is -2.19. The van der Waals surface area contributed by atoms with E-state index in [1.54, 1.807) is 26.8 Å². The van der Waals surface area contributed by atoms with Crippen LogP contribution in [0.15, 0.2) is 23.1 Å². The molecule has 0 unspecified atom stereocenters. The minimum absolute atomic E-state index is 0.0255. The number of rotatable bonds is 5. The van der Waals surface area contributed by atoms with Crippen LogP contribution in [0.3, 0.4) is 0 Å². The van der Waals surface area contributed by atoms with Crippen LogP contribution in [-0.4, -0.2) is 36.3 Å². The molecule has 0 aromatic heterocycles. The van der Waals surface area contributed by atoms with Crippen molar-refractivity contribution in [3.63, 3.8) is 0 Å². The highest BCUT2D eigenvalue weighted by atomic mass is 35.5. The Morgan fingerprint density at radius 3 is 2.10 bits per heavy atom. The van der Waals surface area contributed by atoms with Crippen LogP contribution >= 0.6 is 11.6 Å². The molecular weight excluding hydrogens is 452 g/mol. The lowest BCUT2D eigenvalue weighted by molar-refractivity contribution is 0.297. The molecule has 30 heavy (non-hydrogen) atoms. The molecule has 1 aliphatic rings. The number of hydrogen-bond acceptors (Lipinski definition) is 6. The monoisotopic (exact) mass is 474 g/mol. The highest BCUT2D eigenvalue weighted by molar-refractivity contribution is 7.93. The first-order chi connectivity index (χ1) is 13.9. The summed E-state index contributed by atoms with van der Waals surface area (Å²) in [6.45, 7) is 5.83. The summed E-state index contributed by atoms with van der Waals surface area (Å²) in [5, 5.41) is 0.153. The van der Waals surface area contributed by atoms with Crippen molar-refractivity contribution in [3.8, 4) is 11.5 Å². The molecule has 0 aliphatic carbocycles. The number of sulfonamides is 2. The molecule has 0 atom stereocenters. The summed E-state index contributed by atoms with van der Waals surface area (Å²) < 4.78 is 66.0. The number of benzene rings is 2. The second-order valence-corrected chi connectivity index (χ2v) is 10.9. The van der Waals surface area contributed by atoms with Crippen LogP contribution in [0.1, 0.15) is 23.1 Å². The van der Waals surface area contributed by atoms with Crippen LogP contribution < -0.4 is 18.9 Å².